The van der Waals surface area contributed by atoms with E-state index in [1.165, 1.54) is 34.2 Å². The highest BCUT2D eigenvalue weighted by Gasteiger charge is 2.20. The third kappa shape index (κ3) is 3.58. The molecule has 1 aliphatic rings. The lowest BCUT2D eigenvalue weighted by Crippen LogP contribution is -2.17. The molecule has 0 saturated heterocycles. The second kappa shape index (κ2) is 7.79. The number of carboxylic acid groups (broad SMARTS) is 1. The van der Waals surface area contributed by atoms with Gasteiger partial charge in [-0.2, -0.15) is 9.78 Å². The predicted molar refractivity (Wildman–Crippen MR) is 120 cm³/mol. The Kier molecular flexibility index (Phi) is 4.95. The number of aryl methyl sites for hydroxylation is 2. The summed E-state index contributed by atoms with van der Waals surface area (Å²) in [5.41, 5.74) is 1.50. The lowest BCUT2D eigenvalue weighted by atomic mass is 9.97. The first kappa shape index (κ1) is 19.7. The fourth-order valence-electron chi connectivity index (χ4n) is 3.76. The van der Waals surface area contributed by atoms with Crippen molar-refractivity contribution in [3.63, 3.8) is 0 Å². The van der Waals surface area contributed by atoms with Crippen molar-refractivity contribution < 1.29 is 14.3 Å². The third-order valence-corrected chi connectivity index (χ3v) is 6.81. The Bertz CT molecular complexity index is 1420. The summed E-state index contributed by atoms with van der Waals surface area (Å²) in [6.07, 6.45) is 6.99. The zero-order valence-corrected chi connectivity index (χ0v) is 17.7. The van der Waals surface area contributed by atoms with Gasteiger partial charge in [0.15, 0.2) is 0 Å². The molecule has 1 aromatic carbocycles. The first-order valence-corrected chi connectivity index (χ1v) is 10.9. The number of hydrogen-bond acceptors (Lipinski definition) is 6. The van der Waals surface area contributed by atoms with Crippen LogP contribution in [0, 0.1) is 0 Å². The van der Waals surface area contributed by atoms with Crippen LogP contribution in [-0.2, 0) is 12.8 Å². The fourth-order valence-corrected chi connectivity index (χ4v) is 5.18. The van der Waals surface area contributed by atoms with Gasteiger partial charge in [-0.15, -0.1) is 11.3 Å². The molecule has 9 heteroatoms. The van der Waals surface area contributed by atoms with Crippen LogP contribution in [0.1, 0.15) is 39.4 Å². The Morgan fingerprint density at radius 1 is 1.26 bits per heavy atom. The average Bonchev–Trinajstić information content (AvgIpc) is 3.38. The van der Waals surface area contributed by atoms with E-state index in [2.05, 4.69) is 10.1 Å². The lowest BCUT2D eigenvalue weighted by Gasteiger charge is -2.09. The molecule has 156 valence electrons. The molecule has 3 heterocycles. The monoisotopic (exact) mass is 453 g/mol. The topological polar surface area (TPSA) is 97.7 Å². The van der Waals surface area contributed by atoms with Gasteiger partial charge in [0.25, 0.3) is 5.56 Å². The Hall–Kier alpha value is -3.23. The Balaban J connectivity index is 1.46. The normalized spacial score (nSPS) is 13.7. The van der Waals surface area contributed by atoms with Crippen molar-refractivity contribution in [2.45, 2.75) is 25.7 Å². The van der Waals surface area contributed by atoms with Crippen molar-refractivity contribution in [2.24, 2.45) is 5.10 Å². The van der Waals surface area contributed by atoms with Gasteiger partial charge in [-0.25, -0.2) is 9.78 Å². The summed E-state index contributed by atoms with van der Waals surface area (Å²) in [7, 11) is 0. The second-order valence-electron chi connectivity index (χ2n) is 7.23. The number of benzene rings is 1. The van der Waals surface area contributed by atoms with Crippen LogP contribution >= 0.6 is 22.9 Å². The van der Waals surface area contributed by atoms with Gasteiger partial charge in [0.1, 0.15) is 22.7 Å². The van der Waals surface area contributed by atoms with Crippen molar-refractivity contribution in [2.75, 3.05) is 0 Å². The molecule has 0 unspecified atom stereocenters. The molecule has 0 radical (unpaired) electrons. The molecule has 0 fully saturated rings. The van der Waals surface area contributed by atoms with E-state index in [9.17, 15) is 14.7 Å². The minimum atomic E-state index is -1.11. The summed E-state index contributed by atoms with van der Waals surface area (Å²) in [5.74, 6) is -0.229. The number of carbonyl (C=O) groups is 1. The highest BCUT2D eigenvalue weighted by molar-refractivity contribution is 7.18. The van der Waals surface area contributed by atoms with Gasteiger partial charge in [0, 0.05) is 10.4 Å². The highest BCUT2D eigenvalue weighted by Crippen LogP contribution is 2.33. The first-order valence-electron chi connectivity index (χ1n) is 9.70. The van der Waals surface area contributed by atoms with Crippen LogP contribution in [0.3, 0.4) is 0 Å². The van der Waals surface area contributed by atoms with Gasteiger partial charge >= 0.3 is 5.97 Å². The van der Waals surface area contributed by atoms with E-state index in [0.717, 1.165) is 36.1 Å². The van der Waals surface area contributed by atoms with Crippen LogP contribution < -0.4 is 5.56 Å². The lowest BCUT2D eigenvalue weighted by molar-refractivity contribution is 0.0697. The number of halogens is 1. The molecule has 0 saturated carbocycles. The van der Waals surface area contributed by atoms with Gasteiger partial charge in [0.2, 0.25) is 0 Å². The van der Waals surface area contributed by atoms with E-state index >= 15 is 0 Å². The Morgan fingerprint density at radius 2 is 2.10 bits per heavy atom. The molecule has 5 rings (SSSR count). The van der Waals surface area contributed by atoms with Crippen LogP contribution in [-0.4, -0.2) is 27.0 Å². The summed E-state index contributed by atoms with van der Waals surface area (Å²) in [6.45, 7) is 0. The number of rotatable bonds is 4. The largest absolute Gasteiger partial charge is 0.478 e. The second-order valence-corrected chi connectivity index (χ2v) is 8.72. The number of furan rings is 1. The quantitative estimate of drug-likeness (QED) is 0.446. The maximum Gasteiger partial charge on any atom is 0.337 e. The van der Waals surface area contributed by atoms with Crippen LogP contribution in [0.15, 0.2) is 51.0 Å². The number of aromatic nitrogens is 2. The molecule has 3 aromatic heterocycles. The zero-order chi connectivity index (χ0) is 21.5. The van der Waals surface area contributed by atoms with Gasteiger partial charge < -0.3 is 9.52 Å². The standard InChI is InChI=1S/C22H16ClN3O4S/c23-16-7-5-12(9-15(16)22(28)29)17-8-6-13(30-17)10-25-26-11-24-20-19(21(26)27)14-3-1-2-4-18(14)31-20/h5-11H,1-4H2,(H,28,29). The Labute approximate surface area is 185 Å². The summed E-state index contributed by atoms with van der Waals surface area (Å²) < 4.78 is 6.97. The van der Waals surface area contributed by atoms with Crippen LogP contribution in [0.4, 0.5) is 0 Å². The number of hydrogen-bond donors (Lipinski definition) is 1. The Morgan fingerprint density at radius 3 is 2.94 bits per heavy atom. The summed E-state index contributed by atoms with van der Waals surface area (Å²) in [6, 6.07) is 8.04. The minimum Gasteiger partial charge on any atom is -0.478 e. The van der Waals surface area contributed by atoms with E-state index in [1.807, 2.05) is 0 Å². The molecule has 0 aliphatic heterocycles. The molecule has 0 atom stereocenters. The molecule has 31 heavy (non-hydrogen) atoms. The van der Waals surface area contributed by atoms with E-state index in [-0.39, 0.29) is 16.1 Å². The van der Waals surface area contributed by atoms with Crippen molar-refractivity contribution in [1.29, 1.82) is 0 Å². The minimum absolute atomic E-state index is 0.00388. The molecule has 0 bridgehead atoms. The smallest absolute Gasteiger partial charge is 0.337 e. The third-order valence-electron chi connectivity index (χ3n) is 5.28. The van der Waals surface area contributed by atoms with Crippen LogP contribution in [0.5, 0.6) is 0 Å². The predicted octanol–water partition coefficient (Wildman–Crippen LogP) is 4.83. The van der Waals surface area contributed by atoms with E-state index in [0.29, 0.717) is 22.5 Å². The van der Waals surface area contributed by atoms with Crippen molar-refractivity contribution >= 4 is 45.3 Å². The molecular weight excluding hydrogens is 438 g/mol. The van der Waals surface area contributed by atoms with Gasteiger partial charge in [-0.05, 0) is 61.6 Å². The molecule has 1 N–H and O–H groups in total. The fraction of sp³-hybridized carbons (Fsp3) is 0.182. The summed E-state index contributed by atoms with van der Waals surface area (Å²) in [4.78, 5) is 30.7. The molecule has 0 amide bonds. The number of carboxylic acids is 1. The maximum absolute atomic E-state index is 13.0. The van der Waals surface area contributed by atoms with Gasteiger partial charge in [-0.3, -0.25) is 4.79 Å². The van der Waals surface area contributed by atoms with E-state index < -0.39 is 5.97 Å². The molecule has 0 spiro atoms. The van der Waals surface area contributed by atoms with Crippen LogP contribution in [0.2, 0.25) is 5.02 Å². The summed E-state index contributed by atoms with van der Waals surface area (Å²) in [5, 5.41) is 14.3. The van der Waals surface area contributed by atoms with Crippen molar-refractivity contribution in [3.05, 3.63) is 73.8 Å². The van der Waals surface area contributed by atoms with Crippen molar-refractivity contribution in [1.82, 2.24) is 9.66 Å². The molecule has 1 aliphatic carbocycles. The SMILES string of the molecule is O=C(O)c1cc(-c2ccc(C=Nn3cnc4sc5c(c4c3=O)CCCC5)o2)ccc1Cl. The summed E-state index contributed by atoms with van der Waals surface area (Å²) >= 11 is 7.52. The van der Waals surface area contributed by atoms with Crippen LogP contribution in [0.25, 0.3) is 21.5 Å². The van der Waals surface area contributed by atoms with E-state index in [4.69, 9.17) is 16.0 Å². The van der Waals surface area contributed by atoms with Crippen molar-refractivity contribution in [3.8, 4) is 11.3 Å². The zero-order valence-electron chi connectivity index (χ0n) is 16.2. The number of fused-ring (bicyclic) bond motifs is 3. The highest BCUT2D eigenvalue weighted by atomic mass is 35.5. The molecule has 7 nitrogen and oxygen atoms in total. The van der Waals surface area contributed by atoms with Gasteiger partial charge in [-0.1, -0.05) is 11.6 Å². The number of thiophene rings is 1. The average molecular weight is 454 g/mol. The number of nitrogens with zero attached hydrogens (tertiary/aromatic N) is 3. The van der Waals surface area contributed by atoms with Gasteiger partial charge in [0.05, 0.1) is 22.2 Å². The maximum atomic E-state index is 13.0. The number of aromatic carboxylic acids is 1. The van der Waals surface area contributed by atoms with E-state index in [1.54, 1.807) is 29.5 Å². The molecule has 4 aromatic rings. The first-order chi connectivity index (χ1) is 15.0. The molecular formula is C22H16ClN3O4S.